The Morgan fingerprint density at radius 1 is 1.29 bits per heavy atom. The normalized spacial score (nSPS) is 10.8. The molecule has 0 unspecified atom stereocenters. The van der Waals surface area contributed by atoms with Crippen LogP contribution in [0.3, 0.4) is 0 Å². The van der Waals surface area contributed by atoms with Gasteiger partial charge in [0, 0.05) is 11.3 Å². The molecule has 2 aromatic rings. The Hall–Kier alpha value is -1.90. The molecule has 0 amide bonds. The maximum atomic E-state index is 10.8. The van der Waals surface area contributed by atoms with Gasteiger partial charge in [0.2, 0.25) is 0 Å². The summed E-state index contributed by atoms with van der Waals surface area (Å²) in [5, 5.41) is 0. The van der Waals surface area contributed by atoms with Gasteiger partial charge in [-0.3, -0.25) is 4.79 Å². The standard InChI is InChI=1S/C14H16N2O/c1-9(2)13-14(16-12(8-17)15-13)11-7-5-4-6-10(11)3/h4-9H,1-3H3,(H,15,16). The highest BCUT2D eigenvalue weighted by Crippen LogP contribution is 2.28. The lowest BCUT2D eigenvalue weighted by Crippen LogP contribution is -1.92. The molecule has 1 heterocycles. The lowest BCUT2D eigenvalue weighted by Gasteiger charge is -2.07. The third-order valence-electron chi connectivity index (χ3n) is 2.84. The van der Waals surface area contributed by atoms with E-state index in [0.29, 0.717) is 11.7 Å². The minimum atomic E-state index is 0.311. The van der Waals surface area contributed by atoms with Crippen LogP contribution in [0.5, 0.6) is 0 Å². The van der Waals surface area contributed by atoms with Crippen molar-refractivity contribution in [3.63, 3.8) is 0 Å². The highest BCUT2D eigenvalue weighted by atomic mass is 16.1. The molecule has 0 saturated heterocycles. The maximum absolute atomic E-state index is 10.8. The number of aromatic nitrogens is 2. The van der Waals surface area contributed by atoms with E-state index in [4.69, 9.17) is 0 Å². The summed E-state index contributed by atoms with van der Waals surface area (Å²) >= 11 is 0. The molecule has 0 aliphatic carbocycles. The van der Waals surface area contributed by atoms with Crippen molar-refractivity contribution < 1.29 is 4.79 Å². The third-order valence-corrected chi connectivity index (χ3v) is 2.84. The molecule has 0 bridgehead atoms. The van der Waals surface area contributed by atoms with Crippen LogP contribution in [0.2, 0.25) is 0 Å². The number of aldehydes is 1. The average molecular weight is 228 g/mol. The number of aromatic amines is 1. The molecule has 3 heteroatoms. The molecule has 0 atom stereocenters. The number of benzene rings is 1. The van der Waals surface area contributed by atoms with Crippen molar-refractivity contribution in [2.24, 2.45) is 0 Å². The van der Waals surface area contributed by atoms with Crippen LogP contribution in [0.15, 0.2) is 24.3 Å². The first-order valence-electron chi connectivity index (χ1n) is 5.74. The maximum Gasteiger partial charge on any atom is 0.185 e. The van der Waals surface area contributed by atoms with Gasteiger partial charge in [-0.1, -0.05) is 38.1 Å². The number of nitrogens with zero attached hydrogens (tertiary/aromatic N) is 1. The van der Waals surface area contributed by atoms with E-state index in [-0.39, 0.29) is 0 Å². The fraction of sp³-hybridized carbons (Fsp3) is 0.286. The summed E-state index contributed by atoms with van der Waals surface area (Å²) in [5.74, 6) is 0.706. The van der Waals surface area contributed by atoms with Crippen molar-refractivity contribution in [1.82, 2.24) is 9.97 Å². The van der Waals surface area contributed by atoms with E-state index in [1.54, 1.807) is 0 Å². The zero-order valence-corrected chi connectivity index (χ0v) is 10.3. The van der Waals surface area contributed by atoms with Crippen molar-refractivity contribution in [3.8, 4) is 11.3 Å². The zero-order chi connectivity index (χ0) is 12.4. The fourth-order valence-electron chi connectivity index (χ4n) is 1.92. The Morgan fingerprint density at radius 3 is 2.59 bits per heavy atom. The number of rotatable bonds is 3. The molecule has 0 spiro atoms. The summed E-state index contributed by atoms with van der Waals surface area (Å²) in [6.45, 7) is 6.22. The number of imidazole rings is 1. The second-order valence-electron chi connectivity index (χ2n) is 4.47. The highest BCUT2D eigenvalue weighted by molar-refractivity contribution is 5.74. The second kappa shape index (κ2) is 4.53. The second-order valence-corrected chi connectivity index (χ2v) is 4.47. The van der Waals surface area contributed by atoms with Crippen LogP contribution in [-0.2, 0) is 0 Å². The van der Waals surface area contributed by atoms with E-state index < -0.39 is 0 Å². The summed E-state index contributed by atoms with van der Waals surface area (Å²) in [5.41, 5.74) is 4.15. The van der Waals surface area contributed by atoms with E-state index in [9.17, 15) is 4.79 Å². The van der Waals surface area contributed by atoms with Crippen molar-refractivity contribution in [2.45, 2.75) is 26.7 Å². The number of aryl methyl sites for hydroxylation is 1. The summed E-state index contributed by atoms with van der Waals surface area (Å²) in [7, 11) is 0. The summed E-state index contributed by atoms with van der Waals surface area (Å²) < 4.78 is 0. The smallest absolute Gasteiger partial charge is 0.185 e. The van der Waals surface area contributed by atoms with Gasteiger partial charge < -0.3 is 4.98 Å². The first kappa shape index (κ1) is 11.6. The van der Waals surface area contributed by atoms with Gasteiger partial charge in [0.15, 0.2) is 12.1 Å². The molecule has 1 aromatic carbocycles. The van der Waals surface area contributed by atoms with Crippen LogP contribution in [-0.4, -0.2) is 16.3 Å². The minimum absolute atomic E-state index is 0.311. The molecule has 2 rings (SSSR count). The third kappa shape index (κ3) is 2.13. The predicted molar refractivity (Wildman–Crippen MR) is 68.2 cm³/mol. The van der Waals surface area contributed by atoms with E-state index in [1.807, 2.05) is 18.2 Å². The molecular formula is C14H16N2O. The molecular weight excluding hydrogens is 212 g/mol. The summed E-state index contributed by atoms with van der Waals surface area (Å²) in [6, 6.07) is 8.07. The molecule has 0 saturated carbocycles. The van der Waals surface area contributed by atoms with Crippen LogP contribution >= 0.6 is 0 Å². The largest absolute Gasteiger partial charge is 0.339 e. The molecule has 1 aromatic heterocycles. The molecule has 17 heavy (non-hydrogen) atoms. The molecule has 0 radical (unpaired) electrons. The SMILES string of the molecule is Cc1ccccc1-c1nc(C=O)[nH]c1C(C)C. The molecule has 0 fully saturated rings. The van der Waals surface area contributed by atoms with Gasteiger partial charge in [0.25, 0.3) is 0 Å². The Labute approximate surface area is 101 Å². The zero-order valence-electron chi connectivity index (χ0n) is 10.3. The van der Waals surface area contributed by atoms with Crippen molar-refractivity contribution >= 4 is 6.29 Å². The Morgan fingerprint density at radius 2 is 2.00 bits per heavy atom. The number of hydrogen-bond donors (Lipinski definition) is 1. The molecule has 0 aliphatic heterocycles. The van der Waals surface area contributed by atoms with E-state index >= 15 is 0 Å². The van der Waals surface area contributed by atoms with Crippen LogP contribution in [0.1, 0.15) is 41.6 Å². The van der Waals surface area contributed by atoms with E-state index in [0.717, 1.165) is 23.2 Å². The lowest BCUT2D eigenvalue weighted by molar-refractivity contribution is 0.111. The fourth-order valence-corrected chi connectivity index (χ4v) is 1.92. The van der Waals surface area contributed by atoms with Gasteiger partial charge in [-0.15, -0.1) is 0 Å². The van der Waals surface area contributed by atoms with Crippen LogP contribution in [0.4, 0.5) is 0 Å². The molecule has 0 aliphatic rings. The van der Waals surface area contributed by atoms with Gasteiger partial charge >= 0.3 is 0 Å². The van der Waals surface area contributed by atoms with Crippen molar-refractivity contribution in [2.75, 3.05) is 0 Å². The van der Waals surface area contributed by atoms with Gasteiger partial charge in [-0.05, 0) is 18.4 Å². The summed E-state index contributed by atoms with van der Waals surface area (Å²) in [6.07, 6.45) is 0.758. The van der Waals surface area contributed by atoms with Crippen LogP contribution < -0.4 is 0 Å². The van der Waals surface area contributed by atoms with Crippen LogP contribution in [0.25, 0.3) is 11.3 Å². The van der Waals surface area contributed by atoms with Crippen LogP contribution in [0, 0.1) is 6.92 Å². The predicted octanol–water partition coefficient (Wildman–Crippen LogP) is 3.32. The first-order valence-corrected chi connectivity index (χ1v) is 5.74. The van der Waals surface area contributed by atoms with Crippen molar-refractivity contribution in [3.05, 3.63) is 41.3 Å². The van der Waals surface area contributed by atoms with Crippen molar-refractivity contribution in [1.29, 1.82) is 0 Å². The van der Waals surface area contributed by atoms with Gasteiger partial charge in [-0.25, -0.2) is 4.98 Å². The number of carbonyl (C=O) groups excluding carboxylic acids is 1. The van der Waals surface area contributed by atoms with E-state index in [1.165, 1.54) is 5.56 Å². The molecule has 3 nitrogen and oxygen atoms in total. The number of hydrogen-bond acceptors (Lipinski definition) is 2. The quantitative estimate of drug-likeness (QED) is 0.819. The van der Waals surface area contributed by atoms with Gasteiger partial charge in [0.1, 0.15) is 0 Å². The minimum Gasteiger partial charge on any atom is -0.339 e. The Bertz CT molecular complexity index is 541. The number of H-pyrrole nitrogens is 1. The first-order chi connectivity index (χ1) is 8.13. The van der Waals surface area contributed by atoms with Gasteiger partial charge in [0.05, 0.1) is 5.69 Å². The highest BCUT2D eigenvalue weighted by Gasteiger charge is 2.15. The molecule has 1 N–H and O–H groups in total. The molecule has 88 valence electrons. The van der Waals surface area contributed by atoms with E-state index in [2.05, 4.69) is 36.8 Å². The lowest BCUT2D eigenvalue weighted by atomic mass is 10.00. The monoisotopic (exact) mass is 228 g/mol. The Balaban J connectivity index is 2.62. The topological polar surface area (TPSA) is 45.8 Å². The summed E-state index contributed by atoms with van der Waals surface area (Å²) in [4.78, 5) is 18.3. The van der Waals surface area contributed by atoms with Gasteiger partial charge in [-0.2, -0.15) is 0 Å². The number of carbonyl (C=O) groups is 1. The Kier molecular flexibility index (Phi) is 3.09. The average Bonchev–Trinajstić information content (AvgIpc) is 2.73. The number of nitrogens with one attached hydrogen (secondary N) is 1.